The molecule has 1 fully saturated rings. The second-order valence-corrected chi connectivity index (χ2v) is 10.9. The first-order chi connectivity index (χ1) is 18.3. The van der Waals surface area contributed by atoms with Crippen molar-refractivity contribution in [2.24, 2.45) is 0 Å². The fourth-order valence-corrected chi connectivity index (χ4v) is 5.06. The second kappa shape index (κ2) is 13.4. The van der Waals surface area contributed by atoms with Crippen molar-refractivity contribution in [2.75, 3.05) is 26.2 Å². The van der Waals surface area contributed by atoms with E-state index in [1.165, 1.54) is 11.1 Å². The van der Waals surface area contributed by atoms with E-state index < -0.39 is 0 Å². The van der Waals surface area contributed by atoms with E-state index in [0.717, 1.165) is 50.3 Å². The van der Waals surface area contributed by atoms with Crippen LogP contribution in [0.25, 0.3) is 11.3 Å². The van der Waals surface area contributed by atoms with Crippen molar-refractivity contribution in [3.8, 4) is 11.3 Å². The number of carbonyl (C=O) groups is 1. The molecule has 4 rings (SSSR count). The number of hydrogen-bond donors (Lipinski definition) is 3. The number of nitrogens with zero attached hydrogens (tertiary/aromatic N) is 1. The predicted molar refractivity (Wildman–Crippen MR) is 156 cm³/mol. The number of furan rings is 1. The van der Waals surface area contributed by atoms with Crippen molar-refractivity contribution >= 4 is 17.5 Å². The minimum absolute atomic E-state index is 0.0109. The molecular weight excluding hydrogens is 496 g/mol. The highest BCUT2D eigenvalue weighted by molar-refractivity contribution is 6.34. The van der Waals surface area contributed by atoms with Crippen molar-refractivity contribution in [2.45, 2.75) is 65.2 Å². The zero-order valence-corrected chi connectivity index (χ0v) is 23.8. The molecule has 7 heteroatoms. The maximum Gasteiger partial charge on any atom is 0.253 e. The van der Waals surface area contributed by atoms with Gasteiger partial charge in [-0.2, -0.15) is 0 Å². The molecule has 0 unspecified atom stereocenters. The second-order valence-electron chi connectivity index (χ2n) is 10.5. The standard InChI is InChI=1S/C31H41ClN4O2/c1-5-36-16-14-26(15-17-36)34-19-22(3)35-31(37)28-18-25(10-12-29(28)32)30-13-11-27(38-30)20-33-23(4)24-8-6-21(2)7-9-24/h6-13,18,22-23,26,33-34H,5,14-17,19-20H2,1-4H3,(H,35,37)/t22-,23-/m1/s1. The number of benzene rings is 2. The normalized spacial score (nSPS) is 16.3. The van der Waals surface area contributed by atoms with E-state index in [9.17, 15) is 4.79 Å². The highest BCUT2D eigenvalue weighted by Crippen LogP contribution is 2.27. The first kappa shape index (κ1) is 28.4. The molecule has 38 heavy (non-hydrogen) atoms. The average Bonchev–Trinajstić information content (AvgIpc) is 3.40. The lowest BCUT2D eigenvalue weighted by Crippen LogP contribution is -2.47. The molecule has 0 spiro atoms. The molecule has 0 radical (unpaired) electrons. The average molecular weight is 537 g/mol. The van der Waals surface area contributed by atoms with Crippen LogP contribution in [-0.4, -0.2) is 49.1 Å². The van der Waals surface area contributed by atoms with E-state index in [1.54, 1.807) is 6.07 Å². The lowest BCUT2D eigenvalue weighted by atomic mass is 10.0. The van der Waals surface area contributed by atoms with Crippen LogP contribution in [0.1, 0.15) is 66.9 Å². The summed E-state index contributed by atoms with van der Waals surface area (Å²) in [7, 11) is 0. The number of nitrogens with one attached hydrogen (secondary N) is 3. The molecule has 1 saturated heterocycles. The first-order valence-electron chi connectivity index (χ1n) is 13.8. The molecule has 0 aliphatic carbocycles. The molecule has 204 valence electrons. The Hall–Kier alpha value is -2.64. The summed E-state index contributed by atoms with van der Waals surface area (Å²) in [5.74, 6) is 1.38. The fraction of sp³-hybridized carbons (Fsp3) is 0.452. The third-order valence-electron chi connectivity index (χ3n) is 7.44. The molecule has 0 bridgehead atoms. The fourth-order valence-electron chi connectivity index (χ4n) is 4.86. The van der Waals surface area contributed by atoms with Gasteiger partial charge in [0.25, 0.3) is 5.91 Å². The Morgan fingerprint density at radius 1 is 1.08 bits per heavy atom. The van der Waals surface area contributed by atoms with Crippen LogP contribution < -0.4 is 16.0 Å². The van der Waals surface area contributed by atoms with E-state index >= 15 is 0 Å². The summed E-state index contributed by atoms with van der Waals surface area (Å²) in [6.07, 6.45) is 2.29. The van der Waals surface area contributed by atoms with Crippen LogP contribution in [0.3, 0.4) is 0 Å². The Morgan fingerprint density at radius 3 is 2.53 bits per heavy atom. The highest BCUT2D eigenvalue weighted by Gasteiger charge is 2.20. The van der Waals surface area contributed by atoms with Crippen molar-refractivity contribution < 1.29 is 9.21 Å². The van der Waals surface area contributed by atoms with E-state index in [2.05, 4.69) is 65.9 Å². The van der Waals surface area contributed by atoms with Gasteiger partial charge in [-0.15, -0.1) is 0 Å². The van der Waals surface area contributed by atoms with Gasteiger partial charge in [0.2, 0.25) is 0 Å². The number of likely N-dealkylation sites (tertiary alicyclic amines) is 1. The number of piperidine rings is 1. The van der Waals surface area contributed by atoms with Crippen LogP contribution in [0.5, 0.6) is 0 Å². The summed E-state index contributed by atoms with van der Waals surface area (Å²) in [6, 6.07) is 18.6. The van der Waals surface area contributed by atoms with Gasteiger partial charge in [-0.3, -0.25) is 4.79 Å². The Kier molecular flexibility index (Phi) is 10.0. The molecule has 1 amide bonds. The number of carbonyl (C=O) groups excluding carboxylic acids is 1. The summed E-state index contributed by atoms with van der Waals surface area (Å²) < 4.78 is 6.10. The van der Waals surface area contributed by atoms with Gasteiger partial charge in [-0.05, 0) is 89.1 Å². The van der Waals surface area contributed by atoms with Crippen LogP contribution in [0, 0.1) is 6.92 Å². The molecule has 2 atom stereocenters. The van der Waals surface area contributed by atoms with E-state index in [0.29, 0.717) is 28.9 Å². The van der Waals surface area contributed by atoms with E-state index in [-0.39, 0.29) is 18.0 Å². The molecular formula is C31H41ClN4O2. The molecule has 3 N–H and O–H groups in total. The quantitative estimate of drug-likeness (QED) is 0.282. The zero-order chi connectivity index (χ0) is 27.1. The van der Waals surface area contributed by atoms with Crippen molar-refractivity contribution in [3.63, 3.8) is 0 Å². The van der Waals surface area contributed by atoms with Gasteiger partial charge in [0.15, 0.2) is 0 Å². The van der Waals surface area contributed by atoms with Gasteiger partial charge in [0, 0.05) is 30.2 Å². The number of rotatable bonds is 11. The Labute approximate surface area is 232 Å². The Balaban J connectivity index is 1.31. The van der Waals surface area contributed by atoms with Gasteiger partial charge in [0.05, 0.1) is 17.1 Å². The molecule has 2 aromatic carbocycles. The maximum absolute atomic E-state index is 13.1. The highest BCUT2D eigenvalue weighted by atomic mass is 35.5. The monoisotopic (exact) mass is 536 g/mol. The first-order valence-corrected chi connectivity index (χ1v) is 14.2. The predicted octanol–water partition coefficient (Wildman–Crippen LogP) is 5.95. The molecule has 6 nitrogen and oxygen atoms in total. The number of halogens is 1. The SMILES string of the molecule is CCN1CCC(NC[C@@H](C)NC(=O)c2cc(-c3ccc(CN[C@H](C)c4ccc(C)cc4)o3)ccc2Cl)CC1. The van der Waals surface area contributed by atoms with E-state index in [4.69, 9.17) is 16.0 Å². The minimum atomic E-state index is -0.174. The molecule has 2 heterocycles. The summed E-state index contributed by atoms with van der Waals surface area (Å²) in [5, 5.41) is 10.7. The van der Waals surface area contributed by atoms with Gasteiger partial charge >= 0.3 is 0 Å². The molecule has 1 aromatic heterocycles. The summed E-state index contributed by atoms with van der Waals surface area (Å²) in [5.41, 5.74) is 3.77. The smallest absolute Gasteiger partial charge is 0.253 e. The number of hydrogen-bond acceptors (Lipinski definition) is 5. The summed E-state index contributed by atoms with van der Waals surface area (Å²) in [6.45, 7) is 13.2. The van der Waals surface area contributed by atoms with Crippen LogP contribution in [0.15, 0.2) is 59.0 Å². The number of amides is 1. The largest absolute Gasteiger partial charge is 0.460 e. The van der Waals surface area contributed by atoms with Gasteiger partial charge in [0.1, 0.15) is 11.5 Å². The van der Waals surface area contributed by atoms with Crippen LogP contribution in [-0.2, 0) is 6.54 Å². The molecule has 0 saturated carbocycles. The zero-order valence-electron chi connectivity index (χ0n) is 23.0. The molecule has 1 aliphatic rings. The third kappa shape index (κ3) is 7.70. The van der Waals surface area contributed by atoms with E-state index in [1.807, 2.05) is 31.2 Å². The Morgan fingerprint density at radius 2 is 1.82 bits per heavy atom. The summed E-state index contributed by atoms with van der Waals surface area (Å²) in [4.78, 5) is 15.5. The van der Waals surface area contributed by atoms with Gasteiger partial charge in [-0.1, -0.05) is 48.4 Å². The van der Waals surface area contributed by atoms with Crippen molar-refractivity contribution in [1.82, 2.24) is 20.9 Å². The third-order valence-corrected chi connectivity index (χ3v) is 7.77. The van der Waals surface area contributed by atoms with Crippen molar-refractivity contribution in [3.05, 3.63) is 82.1 Å². The topological polar surface area (TPSA) is 69.5 Å². The Bertz CT molecular complexity index is 1180. The molecule has 1 aliphatic heterocycles. The van der Waals surface area contributed by atoms with Gasteiger partial charge < -0.3 is 25.3 Å². The van der Waals surface area contributed by atoms with Crippen LogP contribution in [0.2, 0.25) is 5.02 Å². The lowest BCUT2D eigenvalue weighted by molar-refractivity contribution is 0.0938. The lowest BCUT2D eigenvalue weighted by Gasteiger charge is -2.32. The van der Waals surface area contributed by atoms with Crippen molar-refractivity contribution in [1.29, 1.82) is 0 Å². The van der Waals surface area contributed by atoms with Gasteiger partial charge in [-0.25, -0.2) is 0 Å². The number of aryl methyl sites for hydroxylation is 1. The summed E-state index contributed by atoms with van der Waals surface area (Å²) >= 11 is 6.42. The minimum Gasteiger partial charge on any atom is -0.460 e. The maximum atomic E-state index is 13.1. The van der Waals surface area contributed by atoms with Crippen LogP contribution in [0.4, 0.5) is 0 Å². The van der Waals surface area contributed by atoms with Crippen LogP contribution >= 0.6 is 11.6 Å². The molecule has 3 aromatic rings.